The Kier molecular flexibility index (Phi) is 5.21. The summed E-state index contributed by atoms with van der Waals surface area (Å²) in [4.78, 5) is 18.8. The Labute approximate surface area is 165 Å². The number of nitrogens with one attached hydrogen (secondary N) is 2. The van der Waals surface area contributed by atoms with E-state index in [-0.39, 0.29) is 11.3 Å². The Bertz CT molecular complexity index is 791. The number of carbonyl (C=O) groups is 1. The maximum Gasteiger partial charge on any atom is 0.253 e. The predicted molar refractivity (Wildman–Crippen MR) is 111 cm³/mol. The van der Waals surface area contributed by atoms with Crippen molar-refractivity contribution in [1.29, 1.82) is 0 Å². The number of anilines is 1. The van der Waals surface area contributed by atoms with Crippen molar-refractivity contribution in [2.75, 3.05) is 52.1 Å². The topological polar surface area (TPSA) is 47.6 Å². The van der Waals surface area contributed by atoms with Crippen LogP contribution in [0.5, 0.6) is 0 Å². The lowest BCUT2D eigenvalue weighted by Gasteiger charge is -2.31. The van der Waals surface area contributed by atoms with Crippen LogP contribution < -0.4 is 10.6 Å². The van der Waals surface area contributed by atoms with Gasteiger partial charge in [0.05, 0.1) is 0 Å². The van der Waals surface area contributed by atoms with Gasteiger partial charge in [0.1, 0.15) is 0 Å². The number of nitrogens with zero attached hydrogens (tertiary/aromatic N) is 2. The van der Waals surface area contributed by atoms with Gasteiger partial charge in [0, 0.05) is 60.8 Å². The molecule has 2 saturated heterocycles. The highest BCUT2D eigenvalue weighted by atomic mass is 32.1. The Morgan fingerprint density at radius 2 is 2.26 bits per heavy atom. The molecule has 1 amide bonds. The third kappa shape index (κ3) is 3.88. The molecule has 27 heavy (non-hydrogen) atoms. The van der Waals surface area contributed by atoms with Crippen LogP contribution in [0, 0.1) is 11.3 Å². The van der Waals surface area contributed by atoms with E-state index in [2.05, 4.69) is 52.0 Å². The number of likely N-dealkylation sites (tertiary alicyclic amines) is 1. The predicted octanol–water partition coefficient (Wildman–Crippen LogP) is 2.58. The van der Waals surface area contributed by atoms with Crippen molar-refractivity contribution in [2.24, 2.45) is 11.3 Å². The molecule has 144 valence electrons. The number of carbonyl (C=O) groups excluding carboxylic acids is 1. The lowest BCUT2D eigenvalue weighted by atomic mass is 9.80. The van der Waals surface area contributed by atoms with Crippen molar-refractivity contribution in [3.05, 3.63) is 52.2 Å². The summed E-state index contributed by atoms with van der Waals surface area (Å²) in [6, 6.07) is 12.1. The normalized spacial score (nSPS) is 24.4. The highest BCUT2D eigenvalue weighted by molar-refractivity contribution is 7.09. The highest BCUT2D eigenvalue weighted by Crippen LogP contribution is 2.40. The molecule has 1 aromatic heterocycles. The molecule has 2 aliphatic rings. The summed E-state index contributed by atoms with van der Waals surface area (Å²) in [6.07, 6.45) is 0. The van der Waals surface area contributed by atoms with Crippen molar-refractivity contribution in [3.8, 4) is 0 Å². The van der Waals surface area contributed by atoms with E-state index in [4.69, 9.17) is 0 Å². The Hall–Kier alpha value is -1.89. The van der Waals surface area contributed by atoms with Crippen LogP contribution in [0.1, 0.15) is 15.2 Å². The SMILES string of the molecule is CN(C)CC12CNCC1CN(C(=O)c1cccc(NCc3cccs3)c1)C2. The van der Waals surface area contributed by atoms with Crippen molar-refractivity contribution in [2.45, 2.75) is 6.54 Å². The van der Waals surface area contributed by atoms with E-state index >= 15 is 0 Å². The van der Waals surface area contributed by atoms with E-state index in [1.807, 2.05) is 24.3 Å². The van der Waals surface area contributed by atoms with Gasteiger partial charge < -0.3 is 20.4 Å². The maximum absolute atomic E-state index is 13.2. The summed E-state index contributed by atoms with van der Waals surface area (Å²) in [5.41, 5.74) is 1.96. The molecule has 3 heterocycles. The first-order chi connectivity index (χ1) is 13.1. The number of rotatable bonds is 6. The Balaban J connectivity index is 1.44. The van der Waals surface area contributed by atoms with Crippen LogP contribution in [-0.4, -0.2) is 62.5 Å². The third-order valence-corrected chi connectivity index (χ3v) is 6.63. The number of amides is 1. The van der Waals surface area contributed by atoms with Gasteiger partial charge in [0.15, 0.2) is 0 Å². The van der Waals surface area contributed by atoms with Crippen LogP contribution in [-0.2, 0) is 6.54 Å². The van der Waals surface area contributed by atoms with Crippen LogP contribution in [0.15, 0.2) is 41.8 Å². The van der Waals surface area contributed by atoms with Gasteiger partial charge >= 0.3 is 0 Å². The average molecular weight is 385 g/mol. The molecule has 2 unspecified atom stereocenters. The first-order valence-electron chi connectivity index (χ1n) is 9.57. The van der Waals surface area contributed by atoms with Crippen LogP contribution in [0.4, 0.5) is 5.69 Å². The highest BCUT2D eigenvalue weighted by Gasteiger charge is 2.50. The largest absolute Gasteiger partial charge is 0.380 e. The molecule has 0 radical (unpaired) electrons. The monoisotopic (exact) mass is 384 g/mol. The molecule has 4 rings (SSSR count). The molecule has 5 nitrogen and oxygen atoms in total. The van der Waals surface area contributed by atoms with Crippen LogP contribution in [0.3, 0.4) is 0 Å². The summed E-state index contributed by atoms with van der Waals surface area (Å²) in [5, 5.41) is 9.05. The van der Waals surface area contributed by atoms with E-state index < -0.39 is 0 Å². The second-order valence-electron chi connectivity index (χ2n) is 8.13. The zero-order valence-electron chi connectivity index (χ0n) is 16.1. The number of thiophene rings is 1. The Morgan fingerprint density at radius 3 is 3.04 bits per heavy atom. The van der Waals surface area contributed by atoms with E-state index in [0.717, 1.165) is 50.5 Å². The standard InChI is InChI=1S/C21H28N4OS/c1-24(2)14-21-13-22-10-17(21)12-25(15-21)20(26)16-5-3-6-18(9-16)23-11-19-7-4-8-27-19/h3-9,17,22-23H,10-15H2,1-2H3. The molecule has 2 atom stereocenters. The molecular weight excluding hydrogens is 356 g/mol. The molecule has 2 aromatic rings. The zero-order valence-corrected chi connectivity index (χ0v) is 16.9. The van der Waals surface area contributed by atoms with Gasteiger partial charge in [-0.25, -0.2) is 0 Å². The number of hydrogen-bond donors (Lipinski definition) is 2. The van der Waals surface area contributed by atoms with Crippen molar-refractivity contribution in [3.63, 3.8) is 0 Å². The fourth-order valence-corrected chi connectivity index (χ4v) is 5.22. The summed E-state index contributed by atoms with van der Waals surface area (Å²) in [6.45, 7) is 5.53. The molecule has 0 spiro atoms. The van der Waals surface area contributed by atoms with Crippen LogP contribution >= 0.6 is 11.3 Å². The second kappa shape index (κ2) is 7.62. The number of hydrogen-bond acceptors (Lipinski definition) is 5. The molecule has 2 fully saturated rings. The first-order valence-corrected chi connectivity index (χ1v) is 10.4. The lowest BCUT2D eigenvalue weighted by molar-refractivity contribution is 0.0764. The minimum Gasteiger partial charge on any atom is -0.380 e. The van der Waals surface area contributed by atoms with E-state index in [1.165, 1.54) is 4.88 Å². The molecule has 0 saturated carbocycles. The minimum atomic E-state index is 0.155. The molecule has 2 aliphatic heterocycles. The summed E-state index contributed by atoms with van der Waals surface area (Å²) in [7, 11) is 4.24. The fraction of sp³-hybridized carbons (Fsp3) is 0.476. The molecule has 0 aliphatic carbocycles. The molecular formula is C21H28N4OS. The van der Waals surface area contributed by atoms with Gasteiger partial charge in [-0.3, -0.25) is 4.79 Å². The average Bonchev–Trinajstić information content (AvgIpc) is 3.34. The van der Waals surface area contributed by atoms with Gasteiger partial charge in [-0.15, -0.1) is 11.3 Å². The molecule has 6 heteroatoms. The van der Waals surface area contributed by atoms with Crippen molar-refractivity contribution >= 4 is 22.9 Å². The van der Waals surface area contributed by atoms with Crippen molar-refractivity contribution < 1.29 is 4.79 Å². The summed E-state index contributed by atoms with van der Waals surface area (Å²) < 4.78 is 0. The van der Waals surface area contributed by atoms with Gasteiger partial charge in [-0.2, -0.15) is 0 Å². The zero-order chi connectivity index (χ0) is 18.9. The van der Waals surface area contributed by atoms with E-state index in [1.54, 1.807) is 11.3 Å². The fourth-order valence-electron chi connectivity index (χ4n) is 4.58. The number of benzene rings is 1. The lowest BCUT2D eigenvalue weighted by Crippen LogP contribution is -2.42. The van der Waals surface area contributed by atoms with Crippen LogP contribution in [0.25, 0.3) is 0 Å². The molecule has 1 aromatic carbocycles. The number of fused-ring (bicyclic) bond motifs is 1. The molecule has 0 bridgehead atoms. The molecule has 2 N–H and O–H groups in total. The van der Waals surface area contributed by atoms with Crippen LogP contribution in [0.2, 0.25) is 0 Å². The Morgan fingerprint density at radius 1 is 1.37 bits per heavy atom. The van der Waals surface area contributed by atoms with Gasteiger partial charge in [0.25, 0.3) is 5.91 Å². The summed E-state index contributed by atoms with van der Waals surface area (Å²) >= 11 is 1.74. The van der Waals surface area contributed by atoms with E-state index in [9.17, 15) is 4.79 Å². The third-order valence-electron chi connectivity index (χ3n) is 5.76. The van der Waals surface area contributed by atoms with Crippen molar-refractivity contribution in [1.82, 2.24) is 15.1 Å². The smallest absolute Gasteiger partial charge is 0.253 e. The van der Waals surface area contributed by atoms with Gasteiger partial charge in [0.2, 0.25) is 0 Å². The van der Waals surface area contributed by atoms with E-state index in [0.29, 0.717) is 5.92 Å². The second-order valence-corrected chi connectivity index (χ2v) is 9.16. The van der Waals surface area contributed by atoms with Gasteiger partial charge in [-0.1, -0.05) is 12.1 Å². The first kappa shape index (κ1) is 18.5. The van der Waals surface area contributed by atoms with Gasteiger partial charge in [-0.05, 0) is 49.7 Å². The minimum absolute atomic E-state index is 0.155. The quantitative estimate of drug-likeness (QED) is 0.804. The summed E-state index contributed by atoms with van der Waals surface area (Å²) in [5.74, 6) is 0.700. The maximum atomic E-state index is 13.2.